The van der Waals surface area contributed by atoms with Gasteiger partial charge in [0.25, 0.3) is 5.69 Å². The van der Waals surface area contributed by atoms with E-state index in [1.165, 1.54) is 6.07 Å². The summed E-state index contributed by atoms with van der Waals surface area (Å²) < 4.78 is 0.717. The predicted molar refractivity (Wildman–Crippen MR) is 81.5 cm³/mol. The Kier molecular flexibility index (Phi) is 6.49. The van der Waals surface area contributed by atoms with E-state index < -0.39 is 0 Å². The lowest BCUT2D eigenvalue weighted by molar-refractivity contribution is -0.384. The Morgan fingerprint density at radius 1 is 1.56 bits per heavy atom. The topological polar surface area (TPSA) is 55.2 Å². The van der Waals surface area contributed by atoms with Gasteiger partial charge in [0, 0.05) is 16.6 Å². The molecule has 1 aromatic rings. The minimum Gasteiger partial charge on any atom is -0.377 e. The Hall–Kier alpha value is -0.750. The van der Waals surface area contributed by atoms with Crippen LogP contribution < -0.4 is 5.32 Å². The lowest BCUT2D eigenvalue weighted by atomic mass is 10.2. The molecule has 0 amide bonds. The molecule has 0 saturated heterocycles. The number of anilines is 1. The van der Waals surface area contributed by atoms with Gasteiger partial charge in [-0.15, -0.1) is 0 Å². The van der Waals surface area contributed by atoms with E-state index in [1.54, 1.807) is 6.07 Å². The van der Waals surface area contributed by atoms with Crippen molar-refractivity contribution in [3.63, 3.8) is 0 Å². The molecule has 6 heteroatoms. The zero-order valence-electron chi connectivity index (χ0n) is 10.5. The van der Waals surface area contributed by atoms with Gasteiger partial charge in [-0.1, -0.05) is 22.9 Å². The Labute approximate surface area is 120 Å². The van der Waals surface area contributed by atoms with Crippen LogP contribution in [0.2, 0.25) is 0 Å². The van der Waals surface area contributed by atoms with Crippen molar-refractivity contribution >= 4 is 39.1 Å². The number of rotatable bonds is 7. The van der Waals surface area contributed by atoms with E-state index in [4.69, 9.17) is 0 Å². The smallest absolute Gasteiger partial charge is 0.293 e. The van der Waals surface area contributed by atoms with Crippen LogP contribution in [0.25, 0.3) is 0 Å². The van der Waals surface area contributed by atoms with Crippen LogP contribution in [0.3, 0.4) is 0 Å². The number of nitro benzene ring substituents is 1. The maximum absolute atomic E-state index is 11.0. The lowest BCUT2D eigenvalue weighted by Crippen LogP contribution is -2.16. The molecule has 18 heavy (non-hydrogen) atoms. The Morgan fingerprint density at radius 2 is 2.28 bits per heavy atom. The molecular weight excluding hydrogens is 316 g/mol. The second-order valence-corrected chi connectivity index (χ2v) is 6.26. The number of nitrogens with zero attached hydrogens (tertiary/aromatic N) is 1. The molecule has 1 N–H and O–H groups in total. The largest absolute Gasteiger partial charge is 0.377 e. The number of halogens is 1. The fourth-order valence-electron chi connectivity index (χ4n) is 1.52. The van der Waals surface area contributed by atoms with Gasteiger partial charge in [-0.3, -0.25) is 10.1 Å². The van der Waals surface area contributed by atoms with E-state index in [-0.39, 0.29) is 16.7 Å². The van der Waals surface area contributed by atoms with E-state index in [9.17, 15) is 10.1 Å². The van der Waals surface area contributed by atoms with Crippen molar-refractivity contribution in [2.24, 2.45) is 0 Å². The maximum Gasteiger partial charge on any atom is 0.293 e. The number of benzene rings is 1. The third kappa shape index (κ3) is 4.86. The van der Waals surface area contributed by atoms with Gasteiger partial charge in [-0.05, 0) is 37.0 Å². The Bertz CT molecular complexity index is 415. The Morgan fingerprint density at radius 3 is 2.89 bits per heavy atom. The van der Waals surface area contributed by atoms with Gasteiger partial charge >= 0.3 is 0 Å². The summed E-state index contributed by atoms with van der Waals surface area (Å²) in [5.41, 5.74) is 0.691. The molecule has 0 bridgehead atoms. The third-order valence-corrected chi connectivity index (χ3v) is 3.88. The molecule has 0 heterocycles. The van der Waals surface area contributed by atoms with Gasteiger partial charge in [-0.25, -0.2) is 0 Å². The molecule has 0 aliphatic rings. The SMILES string of the molecule is CCSCCC(C)Nc1ccc(Br)cc1[N+](=O)[O-]. The molecule has 1 atom stereocenters. The Balaban J connectivity index is 2.68. The van der Waals surface area contributed by atoms with Gasteiger partial charge in [0.15, 0.2) is 0 Å². The normalized spacial score (nSPS) is 12.2. The highest BCUT2D eigenvalue weighted by molar-refractivity contribution is 9.10. The molecule has 0 aliphatic heterocycles. The van der Waals surface area contributed by atoms with Crippen molar-refractivity contribution in [2.45, 2.75) is 26.3 Å². The first-order valence-electron chi connectivity index (χ1n) is 5.82. The molecule has 0 aliphatic carbocycles. The first kappa shape index (κ1) is 15.3. The molecular formula is C12H17BrN2O2S. The number of hydrogen-bond donors (Lipinski definition) is 1. The predicted octanol–water partition coefficient (Wildman–Crippen LogP) is 4.30. The summed E-state index contributed by atoms with van der Waals surface area (Å²) in [6, 6.07) is 5.30. The minimum atomic E-state index is -0.361. The lowest BCUT2D eigenvalue weighted by Gasteiger charge is -2.15. The summed E-state index contributed by atoms with van der Waals surface area (Å²) >= 11 is 5.13. The molecule has 0 spiro atoms. The average molecular weight is 333 g/mol. The highest BCUT2D eigenvalue weighted by Crippen LogP contribution is 2.28. The van der Waals surface area contributed by atoms with Crippen LogP contribution in [0.5, 0.6) is 0 Å². The quantitative estimate of drug-likeness (QED) is 0.459. The number of thioether (sulfide) groups is 1. The summed E-state index contributed by atoms with van der Waals surface area (Å²) in [7, 11) is 0. The van der Waals surface area contributed by atoms with Crippen molar-refractivity contribution in [1.29, 1.82) is 0 Å². The maximum atomic E-state index is 11.0. The number of hydrogen-bond acceptors (Lipinski definition) is 4. The van der Waals surface area contributed by atoms with Gasteiger partial charge in [0.2, 0.25) is 0 Å². The van der Waals surface area contributed by atoms with E-state index in [0.29, 0.717) is 10.2 Å². The van der Waals surface area contributed by atoms with Crippen LogP contribution in [-0.4, -0.2) is 22.5 Å². The fraction of sp³-hybridized carbons (Fsp3) is 0.500. The van der Waals surface area contributed by atoms with Crippen LogP contribution in [0.4, 0.5) is 11.4 Å². The summed E-state index contributed by atoms with van der Waals surface area (Å²) in [6.07, 6.45) is 0.992. The number of nitrogens with one attached hydrogen (secondary N) is 1. The van der Waals surface area contributed by atoms with Gasteiger partial charge in [0.05, 0.1) is 4.92 Å². The highest BCUT2D eigenvalue weighted by atomic mass is 79.9. The van der Waals surface area contributed by atoms with Crippen molar-refractivity contribution in [3.05, 3.63) is 32.8 Å². The van der Waals surface area contributed by atoms with Crippen LogP contribution in [0.15, 0.2) is 22.7 Å². The van der Waals surface area contributed by atoms with Gasteiger partial charge < -0.3 is 5.32 Å². The second-order valence-electron chi connectivity index (χ2n) is 3.95. The van der Waals surface area contributed by atoms with E-state index in [2.05, 4.69) is 28.2 Å². The molecule has 1 rings (SSSR count). The van der Waals surface area contributed by atoms with Crippen LogP contribution in [-0.2, 0) is 0 Å². The third-order valence-electron chi connectivity index (χ3n) is 2.46. The summed E-state index contributed by atoms with van der Waals surface area (Å²) in [5.74, 6) is 2.17. The summed E-state index contributed by atoms with van der Waals surface area (Å²) in [6.45, 7) is 4.17. The van der Waals surface area contributed by atoms with Crippen molar-refractivity contribution in [1.82, 2.24) is 0 Å². The standard InChI is InChI=1S/C12H17BrN2O2S/c1-3-18-7-6-9(2)14-11-5-4-10(13)8-12(11)15(16)17/h4-5,8-9,14H,3,6-7H2,1-2H3. The molecule has 4 nitrogen and oxygen atoms in total. The first-order valence-corrected chi connectivity index (χ1v) is 7.77. The molecule has 0 aromatic heterocycles. The molecule has 1 unspecified atom stereocenters. The van der Waals surface area contributed by atoms with Crippen LogP contribution >= 0.6 is 27.7 Å². The van der Waals surface area contributed by atoms with Gasteiger partial charge in [-0.2, -0.15) is 11.8 Å². The van der Waals surface area contributed by atoms with E-state index >= 15 is 0 Å². The van der Waals surface area contributed by atoms with E-state index in [0.717, 1.165) is 17.9 Å². The summed E-state index contributed by atoms with van der Waals surface area (Å²) in [5, 5.41) is 14.2. The second kappa shape index (κ2) is 7.63. The molecule has 1 aromatic carbocycles. The highest BCUT2D eigenvalue weighted by Gasteiger charge is 2.15. The van der Waals surface area contributed by atoms with Crippen LogP contribution in [0, 0.1) is 10.1 Å². The van der Waals surface area contributed by atoms with E-state index in [1.807, 2.05) is 24.8 Å². The minimum absolute atomic E-state index is 0.111. The van der Waals surface area contributed by atoms with Crippen molar-refractivity contribution in [2.75, 3.05) is 16.8 Å². The molecule has 0 saturated carbocycles. The first-order chi connectivity index (χ1) is 8.54. The zero-order chi connectivity index (χ0) is 13.5. The number of nitro groups is 1. The average Bonchev–Trinajstić information content (AvgIpc) is 2.31. The molecule has 100 valence electrons. The zero-order valence-corrected chi connectivity index (χ0v) is 12.9. The van der Waals surface area contributed by atoms with Crippen molar-refractivity contribution in [3.8, 4) is 0 Å². The van der Waals surface area contributed by atoms with Crippen molar-refractivity contribution < 1.29 is 4.92 Å². The molecule has 0 radical (unpaired) electrons. The van der Waals surface area contributed by atoms with Gasteiger partial charge in [0.1, 0.15) is 5.69 Å². The fourth-order valence-corrected chi connectivity index (χ4v) is 2.68. The van der Waals surface area contributed by atoms with Crippen LogP contribution in [0.1, 0.15) is 20.3 Å². The molecule has 0 fully saturated rings. The summed E-state index contributed by atoms with van der Waals surface area (Å²) in [4.78, 5) is 10.6. The monoisotopic (exact) mass is 332 g/mol.